The molecule has 1 amide bonds. The second-order valence-corrected chi connectivity index (χ2v) is 8.73. The van der Waals surface area contributed by atoms with Crippen molar-refractivity contribution in [2.75, 3.05) is 26.2 Å². The molecule has 0 radical (unpaired) electrons. The predicted octanol–water partition coefficient (Wildman–Crippen LogP) is 3.84. The van der Waals surface area contributed by atoms with Gasteiger partial charge in [-0.3, -0.25) is 14.7 Å². The lowest BCUT2D eigenvalue weighted by molar-refractivity contribution is -0.130. The molecule has 1 aromatic carbocycles. The van der Waals surface area contributed by atoms with Crippen LogP contribution in [-0.4, -0.2) is 46.9 Å². The molecule has 0 N–H and O–H groups in total. The molecule has 0 bridgehead atoms. The van der Waals surface area contributed by atoms with Crippen LogP contribution in [0, 0.1) is 12.3 Å². The zero-order chi connectivity index (χ0) is 19.4. The second-order valence-electron chi connectivity index (χ2n) is 8.73. The van der Waals surface area contributed by atoms with Crippen LogP contribution in [-0.2, 0) is 17.8 Å². The molecular weight excluding hydrogens is 346 g/mol. The number of pyridine rings is 1. The van der Waals surface area contributed by atoms with Gasteiger partial charge in [-0.2, -0.15) is 0 Å². The Morgan fingerprint density at radius 2 is 2.00 bits per heavy atom. The molecule has 28 heavy (non-hydrogen) atoms. The number of hydrogen-bond acceptors (Lipinski definition) is 3. The fourth-order valence-corrected chi connectivity index (χ4v) is 4.95. The van der Waals surface area contributed by atoms with Gasteiger partial charge in [0.1, 0.15) is 0 Å². The van der Waals surface area contributed by atoms with Crippen LogP contribution in [0.3, 0.4) is 0 Å². The fraction of sp³-hybridized carbons (Fsp3) is 0.500. The Labute approximate surface area is 168 Å². The third kappa shape index (κ3) is 4.61. The van der Waals surface area contributed by atoms with Gasteiger partial charge in [0.15, 0.2) is 0 Å². The van der Waals surface area contributed by atoms with E-state index in [1.165, 1.54) is 30.5 Å². The normalized spacial score (nSPS) is 22.7. The summed E-state index contributed by atoms with van der Waals surface area (Å²) in [4.78, 5) is 21.6. The number of hydrogen-bond donors (Lipinski definition) is 0. The monoisotopic (exact) mass is 377 g/mol. The minimum Gasteiger partial charge on any atom is -0.342 e. The molecule has 2 aliphatic rings. The second kappa shape index (κ2) is 8.44. The third-order valence-corrected chi connectivity index (χ3v) is 6.37. The molecule has 0 saturated carbocycles. The van der Waals surface area contributed by atoms with Crippen molar-refractivity contribution in [3.05, 3.63) is 65.5 Å². The summed E-state index contributed by atoms with van der Waals surface area (Å²) in [5, 5.41) is 0. The molecule has 3 heterocycles. The van der Waals surface area contributed by atoms with Crippen molar-refractivity contribution in [3.8, 4) is 0 Å². The van der Waals surface area contributed by atoms with E-state index in [0.29, 0.717) is 17.7 Å². The van der Waals surface area contributed by atoms with E-state index < -0.39 is 0 Å². The van der Waals surface area contributed by atoms with E-state index in [1.54, 1.807) is 6.20 Å². The average Bonchev–Trinajstić information content (AvgIpc) is 3.10. The molecule has 4 nitrogen and oxygen atoms in total. The van der Waals surface area contributed by atoms with Crippen molar-refractivity contribution >= 4 is 5.91 Å². The molecule has 148 valence electrons. The van der Waals surface area contributed by atoms with Gasteiger partial charge < -0.3 is 4.90 Å². The molecule has 1 spiro atoms. The number of benzene rings is 1. The molecule has 2 aromatic rings. The van der Waals surface area contributed by atoms with Crippen molar-refractivity contribution in [2.45, 2.75) is 45.6 Å². The topological polar surface area (TPSA) is 36.4 Å². The first-order chi connectivity index (χ1) is 13.6. The molecule has 0 aliphatic carbocycles. The summed E-state index contributed by atoms with van der Waals surface area (Å²) >= 11 is 0. The molecule has 2 saturated heterocycles. The number of aromatic nitrogens is 1. The molecule has 4 rings (SSSR count). The van der Waals surface area contributed by atoms with E-state index in [9.17, 15) is 4.79 Å². The highest BCUT2D eigenvalue weighted by molar-refractivity contribution is 5.76. The lowest BCUT2D eigenvalue weighted by Gasteiger charge is -2.40. The number of likely N-dealkylation sites (tertiary alicyclic amines) is 2. The van der Waals surface area contributed by atoms with Crippen LogP contribution >= 0.6 is 0 Å². The van der Waals surface area contributed by atoms with Gasteiger partial charge in [-0.25, -0.2) is 0 Å². The van der Waals surface area contributed by atoms with Crippen LogP contribution in [0.4, 0.5) is 0 Å². The number of aryl methyl sites for hydroxylation is 2. The van der Waals surface area contributed by atoms with Crippen LogP contribution in [0.2, 0.25) is 0 Å². The molecular formula is C24H31N3O. The molecule has 2 fully saturated rings. The first-order valence-corrected chi connectivity index (χ1v) is 10.6. The largest absolute Gasteiger partial charge is 0.342 e. The minimum atomic E-state index is 0.298. The Kier molecular flexibility index (Phi) is 5.77. The van der Waals surface area contributed by atoms with Crippen molar-refractivity contribution in [1.82, 2.24) is 14.8 Å². The van der Waals surface area contributed by atoms with E-state index in [4.69, 9.17) is 0 Å². The van der Waals surface area contributed by atoms with E-state index in [1.807, 2.05) is 12.3 Å². The average molecular weight is 378 g/mol. The number of carbonyl (C=O) groups excluding carboxylic acids is 1. The van der Waals surface area contributed by atoms with Gasteiger partial charge >= 0.3 is 0 Å². The molecule has 4 heteroatoms. The standard InChI is InChI=1S/C24H31N3O/c1-20-5-2-6-22(15-20)17-26-13-4-10-24(18-26)11-14-27(19-24)23(28)9-8-21-7-3-12-25-16-21/h2-3,5-7,12,15-16H,4,8-11,13-14,17-19H2,1H3. The van der Waals surface area contributed by atoms with Gasteiger partial charge in [-0.1, -0.05) is 35.9 Å². The van der Waals surface area contributed by atoms with Crippen LogP contribution < -0.4 is 0 Å². The van der Waals surface area contributed by atoms with Crippen LogP contribution in [0.25, 0.3) is 0 Å². The Morgan fingerprint density at radius 3 is 2.82 bits per heavy atom. The summed E-state index contributed by atoms with van der Waals surface area (Å²) in [6.07, 6.45) is 8.66. The van der Waals surface area contributed by atoms with Gasteiger partial charge in [0, 0.05) is 50.4 Å². The Balaban J connectivity index is 1.32. The van der Waals surface area contributed by atoms with Crippen molar-refractivity contribution < 1.29 is 4.79 Å². The summed E-state index contributed by atoms with van der Waals surface area (Å²) in [6.45, 7) is 7.33. The highest BCUT2D eigenvalue weighted by atomic mass is 16.2. The van der Waals surface area contributed by atoms with E-state index >= 15 is 0 Å². The maximum absolute atomic E-state index is 12.7. The number of rotatable bonds is 5. The van der Waals surface area contributed by atoms with Gasteiger partial charge in [0.05, 0.1) is 0 Å². The van der Waals surface area contributed by atoms with Gasteiger partial charge in [0.2, 0.25) is 5.91 Å². The number of piperidine rings is 1. The summed E-state index contributed by atoms with van der Waals surface area (Å²) in [5.41, 5.74) is 4.17. The maximum Gasteiger partial charge on any atom is 0.222 e. The zero-order valence-electron chi connectivity index (χ0n) is 16.9. The van der Waals surface area contributed by atoms with Gasteiger partial charge in [0.25, 0.3) is 0 Å². The van der Waals surface area contributed by atoms with Gasteiger partial charge in [-0.05, 0) is 56.3 Å². The van der Waals surface area contributed by atoms with Gasteiger partial charge in [-0.15, -0.1) is 0 Å². The zero-order valence-corrected chi connectivity index (χ0v) is 16.9. The Morgan fingerprint density at radius 1 is 1.11 bits per heavy atom. The fourth-order valence-electron chi connectivity index (χ4n) is 4.95. The molecule has 1 atom stereocenters. The maximum atomic E-state index is 12.7. The SMILES string of the molecule is Cc1cccc(CN2CCCC3(CCN(C(=O)CCc4cccnc4)C3)C2)c1. The highest BCUT2D eigenvalue weighted by Gasteiger charge is 2.42. The number of amides is 1. The molecule has 1 unspecified atom stereocenters. The molecule has 1 aromatic heterocycles. The van der Waals surface area contributed by atoms with Crippen LogP contribution in [0.15, 0.2) is 48.8 Å². The minimum absolute atomic E-state index is 0.298. The van der Waals surface area contributed by atoms with Crippen molar-refractivity contribution in [2.24, 2.45) is 5.41 Å². The Hall–Kier alpha value is -2.20. The summed E-state index contributed by atoms with van der Waals surface area (Å²) < 4.78 is 0. The quantitative estimate of drug-likeness (QED) is 0.794. The first-order valence-electron chi connectivity index (χ1n) is 10.6. The number of nitrogens with zero attached hydrogens (tertiary/aromatic N) is 3. The summed E-state index contributed by atoms with van der Waals surface area (Å²) in [7, 11) is 0. The van der Waals surface area contributed by atoms with E-state index in [-0.39, 0.29) is 0 Å². The number of carbonyl (C=O) groups is 1. The highest BCUT2D eigenvalue weighted by Crippen LogP contribution is 2.39. The van der Waals surface area contributed by atoms with Crippen LogP contribution in [0.1, 0.15) is 42.4 Å². The van der Waals surface area contributed by atoms with Crippen molar-refractivity contribution in [1.29, 1.82) is 0 Å². The van der Waals surface area contributed by atoms with Crippen LogP contribution in [0.5, 0.6) is 0 Å². The predicted molar refractivity (Wildman–Crippen MR) is 112 cm³/mol. The summed E-state index contributed by atoms with van der Waals surface area (Å²) in [5.74, 6) is 0.302. The first kappa shape index (κ1) is 19.1. The lowest BCUT2D eigenvalue weighted by atomic mass is 9.79. The summed E-state index contributed by atoms with van der Waals surface area (Å²) in [6, 6.07) is 12.8. The van der Waals surface area contributed by atoms with Crippen molar-refractivity contribution in [3.63, 3.8) is 0 Å². The van der Waals surface area contributed by atoms with E-state index in [2.05, 4.69) is 52.0 Å². The third-order valence-electron chi connectivity index (χ3n) is 6.37. The lowest BCUT2D eigenvalue weighted by Crippen LogP contribution is -2.45. The smallest absolute Gasteiger partial charge is 0.222 e. The molecule has 2 aliphatic heterocycles. The Bertz CT molecular complexity index is 807. The van der Waals surface area contributed by atoms with E-state index in [0.717, 1.165) is 44.6 Å².